The molecule has 1 amide bonds. The number of hydrazone groups is 1. The zero-order chi connectivity index (χ0) is 24.9. The molecule has 0 saturated heterocycles. The number of carbonyl (C=O) groups is 1. The van der Waals surface area contributed by atoms with Crippen LogP contribution in [0.4, 0.5) is 13.2 Å². The highest BCUT2D eigenvalue weighted by molar-refractivity contribution is 7.89. The molecule has 178 valence electrons. The second-order valence-electron chi connectivity index (χ2n) is 7.59. The van der Waals surface area contributed by atoms with Crippen LogP contribution in [0.1, 0.15) is 32.6 Å². The zero-order valence-corrected chi connectivity index (χ0v) is 19.2. The lowest BCUT2D eigenvalue weighted by atomic mass is 10.1. The molecule has 10 heteroatoms. The summed E-state index contributed by atoms with van der Waals surface area (Å²) in [6.07, 6.45) is -3.19. The van der Waals surface area contributed by atoms with Crippen molar-refractivity contribution in [1.82, 2.24) is 9.73 Å². The van der Waals surface area contributed by atoms with Gasteiger partial charge in [-0.3, -0.25) is 4.79 Å². The van der Waals surface area contributed by atoms with Crippen molar-refractivity contribution < 1.29 is 26.4 Å². The van der Waals surface area contributed by atoms with E-state index in [4.69, 9.17) is 0 Å². The van der Waals surface area contributed by atoms with Gasteiger partial charge in [-0.1, -0.05) is 42.0 Å². The Hall–Kier alpha value is -3.50. The number of benzene rings is 3. The summed E-state index contributed by atoms with van der Waals surface area (Å²) in [6, 6.07) is 17.3. The van der Waals surface area contributed by atoms with Gasteiger partial charge in [0.25, 0.3) is 5.91 Å². The molecule has 0 heterocycles. The monoisotopic (exact) mass is 489 g/mol. The van der Waals surface area contributed by atoms with Gasteiger partial charge in [-0.25, -0.2) is 13.8 Å². The maximum absolute atomic E-state index is 12.7. The quantitative estimate of drug-likeness (QED) is 0.389. The van der Waals surface area contributed by atoms with Crippen molar-refractivity contribution in [3.05, 3.63) is 101 Å². The number of halogens is 3. The van der Waals surface area contributed by atoms with Crippen LogP contribution < -0.4 is 5.43 Å². The first-order valence-electron chi connectivity index (χ1n) is 10.1. The lowest BCUT2D eigenvalue weighted by Gasteiger charge is -2.17. The number of sulfonamides is 1. The van der Waals surface area contributed by atoms with Crippen LogP contribution in [0.2, 0.25) is 0 Å². The van der Waals surface area contributed by atoms with E-state index in [0.717, 1.165) is 17.7 Å². The maximum Gasteiger partial charge on any atom is 0.416 e. The summed E-state index contributed by atoms with van der Waals surface area (Å²) in [4.78, 5) is 12.4. The number of nitrogens with zero attached hydrogens (tertiary/aromatic N) is 2. The Morgan fingerprint density at radius 2 is 1.56 bits per heavy atom. The molecule has 0 atom stereocenters. The predicted molar refractivity (Wildman–Crippen MR) is 123 cm³/mol. The van der Waals surface area contributed by atoms with Crippen molar-refractivity contribution in [3.63, 3.8) is 0 Å². The topological polar surface area (TPSA) is 78.8 Å². The van der Waals surface area contributed by atoms with Gasteiger partial charge in [-0.15, -0.1) is 0 Å². The number of nitrogens with one attached hydrogen (secondary N) is 1. The molecule has 0 radical (unpaired) electrons. The highest BCUT2D eigenvalue weighted by Gasteiger charge is 2.29. The normalized spacial score (nSPS) is 12.3. The summed E-state index contributed by atoms with van der Waals surface area (Å²) < 4.78 is 64.4. The van der Waals surface area contributed by atoms with Gasteiger partial charge in [0.2, 0.25) is 10.0 Å². The summed E-state index contributed by atoms with van der Waals surface area (Å²) in [5.74, 6) is -0.518. The van der Waals surface area contributed by atoms with Crippen LogP contribution in [0.5, 0.6) is 0 Å². The molecule has 3 aromatic rings. The fourth-order valence-electron chi connectivity index (χ4n) is 2.98. The van der Waals surface area contributed by atoms with E-state index >= 15 is 0 Å². The summed E-state index contributed by atoms with van der Waals surface area (Å²) in [7, 11) is -2.18. The van der Waals surface area contributed by atoms with Gasteiger partial charge in [0, 0.05) is 19.2 Å². The van der Waals surface area contributed by atoms with Crippen molar-refractivity contribution in [2.45, 2.75) is 24.5 Å². The molecule has 0 bridgehead atoms. The van der Waals surface area contributed by atoms with E-state index in [1.807, 2.05) is 6.92 Å². The van der Waals surface area contributed by atoms with Crippen molar-refractivity contribution in [1.29, 1.82) is 0 Å². The zero-order valence-electron chi connectivity index (χ0n) is 18.4. The average molecular weight is 490 g/mol. The van der Waals surface area contributed by atoms with Crippen LogP contribution in [0.25, 0.3) is 0 Å². The lowest BCUT2D eigenvalue weighted by molar-refractivity contribution is -0.137. The van der Waals surface area contributed by atoms with E-state index in [9.17, 15) is 26.4 Å². The van der Waals surface area contributed by atoms with Crippen molar-refractivity contribution in [3.8, 4) is 0 Å². The molecule has 0 aliphatic heterocycles. The van der Waals surface area contributed by atoms with Crippen molar-refractivity contribution in [2.24, 2.45) is 5.10 Å². The molecule has 3 aromatic carbocycles. The SMILES string of the molecule is Cc1ccc(S(=O)(=O)N(C)Cc2ccc(C(=O)NN=Cc3ccc(C(F)(F)F)cc3)cc2)cc1. The van der Waals surface area contributed by atoms with E-state index in [2.05, 4.69) is 10.5 Å². The van der Waals surface area contributed by atoms with Crippen LogP contribution in [0.15, 0.2) is 82.8 Å². The van der Waals surface area contributed by atoms with E-state index in [1.165, 1.54) is 41.8 Å². The largest absolute Gasteiger partial charge is 0.416 e. The number of alkyl halides is 3. The minimum absolute atomic E-state index is 0.115. The van der Waals surface area contributed by atoms with Gasteiger partial charge in [-0.2, -0.15) is 22.6 Å². The first-order chi connectivity index (χ1) is 16.0. The van der Waals surface area contributed by atoms with Gasteiger partial charge in [0.15, 0.2) is 0 Å². The van der Waals surface area contributed by atoms with E-state index in [0.29, 0.717) is 11.1 Å². The standard InChI is InChI=1S/C24H22F3N3O3S/c1-17-3-13-22(14-4-17)34(32,33)30(2)16-19-5-9-20(10-6-19)23(31)29-28-15-18-7-11-21(12-8-18)24(25,26)27/h3-15H,16H2,1-2H3,(H,29,31). The summed E-state index contributed by atoms with van der Waals surface area (Å²) in [5, 5.41) is 3.76. The highest BCUT2D eigenvalue weighted by atomic mass is 32.2. The van der Waals surface area contributed by atoms with Crippen LogP contribution in [0, 0.1) is 6.92 Å². The lowest BCUT2D eigenvalue weighted by Crippen LogP contribution is -2.26. The Bertz CT molecular complexity index is 1270. The second kappa shape index (κ2) is 10.2. The van der Waals surface area contributed by atoms with Crippen molar-refractivity contribution >= 4 is 22.1 Å². The van der Waals surface area contributed by atoms with E-state index < -0.39 is 27.7 Å². The fourth-order valence-corrected chi connectivity index (χ4v) is 4.14. The molecule has 0 spiro atoms. The maximum atomic E-state index is 12.7. The van der Waals surface area contributed by atoms with Crippen LogP contribution in [-0.2, 0) is 22.7 Å². The van der Waals surface area contributed by atoms with E-state index in [-0.39, 0.29) is 17.0 Å². The summed E-state index contributed by atoms with van der Waals surface area (Å²) in [5.41, 5.74) is 3.85. The second-order valence-corrected chi connectivity index (χ2v) is 9.63. The first kappa shape index (κ1) is 25.1. The number of aryl methyl sites for hydroxylation is 1. The molecule has 3 rings (SSSR count). The molecule has 1 N–H and O–H groups in total. The van der Waals surface area contributed by atoms with Crippen LogP contribution in [-0.4, -0.2) is 31.9 Å². The molecule has 0 aliphatic rings. The van der Waals surface area contributed by atoms with Gasteiger partial charge < -0.3 is 0 Å². The Morgan fingerprint density at radius 3 is 2.12 bits per heavy atom. The minimum Gasteiger partial charge on any atom is -0.267 e. The Labute approximate surface area is 195 Å². The Kier molecular flexibility index (Phi) is 7.53. The van der Waals surface area contributed by atoms with Gasteiger partial charge in [0.1, 0.15) is 0 Å². The fraction of sp³-hybridized carbons (Fsp3) is 0.167. The highest BCUT2D eigenvalue weighted by Crippen LogP contribution is 2.28. The number of hydrogen-bond acceptors (Lipinski definition) is 4. The van der Waals surface area contributed by atoms with E-state index in [1.54, 1.807) is 36.4 Å². The first-order valence-corrected chi connectivity index (χ1v) is 11.5. The molecule has 0 fully saturated rings. The molecule has 6 nitrogen and oxygen atoms in total. The third-order valence-corrected chi connectivity index (χ3v) is 6.79. The van der Waals surface area contributed by atoms with Crippen LogP contribution in [0.3, 0.4) is 0 Å². The Balaban J connectivity index is 1.58. The minimum atomic E-state index is -4.42. The molecular weight excluding hydrogens is 467 g/mol. The van der Waals surface area contributed by atoms with Gasteiger partial charge >= 0.3 is 6.18 Å². The Morgan fingerprint density at radius 1 is 0.971 bits per heavy atom. The molecule has 0 aliphatic carbocycles. The smallest absolute Gasteiger partial charge is 0.267 e. The third kappa shape index (κ3) is 6.30. The van der Waals surface area contributed by atoms with Gasteiger partial charge in [-0.05, 0) is 54.4 Å². The summed E-state index contributed by atoms with van der Waals surface area (Å²) >= 11 is 0. The number of rotatable bonds is 7. The van der Waals surface area contributed by atoms with Crippen molar-refractivity contribution in [2.75, 3.05) is 7.05 Å². The predicted octanol–water partition coefficient (Wildman–Crippen LogP) is 4.60. The third-order valence-electron chi connectivity index (χ3n) is 4.97. The molecule has 0 aromatic heterocycles. The van der Waals surface area contributed by atoms with Gasteiger partial charge in [0.05, 0.1) is 16.7 Å². The number of hydrogen-bond donors (Lipinski definition) is 1. The molecular formula is C24H22F3N3O3S. The number of amides is 1. The molecule has 0 saturated carbocycles. The van der Waals surface area contributed by atoms with Crippen LogP contribution >= 0.6 is 0 Å². The summed E-state index contributed by atoms with van der Waals surface area (Å²) in [6.45, 7) is 1.99. The average Bonchev–Trinajstić information content (AvgIpc) is 2.79. The molecule has 0 unspecified atom stereocenters. The number of carbonyl (C=O) groups excluding carboxylic acids is 1. The molecule has 34 heavy (non-hydrogen) atoms.